The average molecular weight is 813 g/mol. The Kier molecular flexibility index (Phi) is 44.9. The second-order valence-corrected chi connectivity index (χ2v) is 16.4. The van der Waals surface area contributed by atoms with Crippen LogP contribution in [0.15, 0.2) is 48.6 Å². The van der Waals surface area contributed by atoms with Crippen molar-refractivity contribution in [2.24, 2.45) is 0 Å². The van der Waals surface area contributed by atoms with Crippen LogP contribution in [0, 0.1) is 0 Å². The predicted molar refractivity (Wildman–Crippen MR) is 247 cm³/mol. The molecule has 58 heavy (non-hydrogen) atoms. The molecule has 6 heteroatoms. The van der Waals surface area contributed by atoms with Crippen molar-refractivity contribution in [3.05, 3.63) is 48.6 Å². The maximum absolute atomic E-state index is 12.7. The van der Waals surface area contributed by atoms with Gasteiger partial charge in [-0.2, -0.15) is 0 Å². The molecule has 0 rings (SSSR count). The molecule has 336 valence electrons. The Morgan fingerprint density at radius 1 is 0.379 bits per heavy atom. The number of rotatable bonds is 44. The zero-order valence-corrected chi connectivity index (χ0v) is 38.3. The zero-order valence-electron chi connectivity index (χ0n) is 38.3. The van der Waals surface area contributed by atoms with E-state index in [9.17, 15) is 14.4 Å². The van der Waals surface area contributed by atoms with E-state index >= 15 is 0 Å². The number of hydrogen-bond donors (Lipinski definition) is 0. The van der Waals surface area contributed by atoms with Gasteiger partial charge in [-0.25, -0.2) is 0 Å². The lowest BCUT2D eigenvalue weighted by atomic mass is 10.0. The minimum Gasteiger partial charge on any atom is -0.462 e. The lowest BCUT2D eigenvalue weighted by Gasteiger charge is -2.18. The average Bonchev–Trinajstić information content (AvgIpc) is 3.22. The second kappa shape index (κ2) is 47.1. The van der Waals surface area contributed by atoms with Crippen LogP contribution in [0.4, 0.5) is 0 Å². The Morgan fingerprint density at radius 3 is 1.19 bits per heavy atom. The fourth-order valence-corrected chi connectivity index (χ4v) is 6.91. The predicted octanol–water partition coefficient (Wildman–Crippen LogP) is 15.9. The minimum atomic E-state index is -0.807. The molecule has 0 saturated carbocycles. The Morgan fingerprint density at radius 2 is 0.741 bits per heavy atom. The molecule has 0 aliphatic carbocycles. The molecule has 0 fully saturated rings. The van der Waals surface area contributed by atoms with Crippen LogP contribution in [0.5, 0.6) is 0 Å². The Labute approximate surface area is 358 Å². The normalized spacial score (nSPS) is 12.4. The van der Waals surface area contributed by atoms with Crippen molar-refractivity contribution in [1.29, 1.82) is 0 Å². The second-order valence-electron chi connectivity index (χ2n) is 16.4. The zero-order chi connectivity index (χ0) is 42.3. The third kappa shape index (κ3) is 44.5. The number of unbranched alkanes of at least 4 members (excludes halogenated alkanes) is 26. The summed E-state index contributed by atoms with van der Waals surface area (Å²) in [6, 6.07) is 0. The molecule has 1 atom stereocenters. The number of allylic oxidation sites excluding steroid dienone is 7. The van der Waals surface area contributed by atoms with Crippen LogP contribution < -0.4 is 0 Å². The largest absolute Gasteiger partial charge is 0.462 e. The van der Waals surface area contributed by atoms with Gasteiger partial charge < -0.3 is 14.2 Å². The fraction of sp³-hybridized carbons (Fsp3) is 0.788. The molecular formula is C52H92O6. The van der Waals surface area contributed by atoms with Crippen molar-refractivity contribution >= 4 is 17.9 Å². The van der Waals surface area contributed by atoms with Crippen molar-refractivity contribution in [2.75, 3.05) is 13.2 Å². The summed E-state index contributed by atoms with van der Waals surface area (Å²) in [5.41, 5.74) is 0. The highest BCUT2D eigenvalue weighted by molar-refractivity contribution is 5.72. The van der Waals surface area contributed by atoms with Gasteiger partial charge in [0.25, 0.3) is 0 Å². The van der Waals surface area contributed by atoms with E-state index in [1.54, 1.807) is 6.08 Å². The van der Waals surface area contributed by atoms with Crippen LogP contribution in [-0.2, 0) is 28.6 Å². The number of esters is 3. The van der Waals surface area contributed by atoms with Crippen LogP contribution >= 0.6 is 0 Å². The maximum Gasteiger partial charge on any atom is 0.309 e. The van der Waals surface area contributed by atoms with Gasteiger partial charge in [-0.3, -0.25) is 14.4 Å². The Bertz CT molecular complexity index is 1030. The molecular weight excluding hydrogens is 721 g/mol. The molecule has 1 unspecified atom stereocenters. The standard InChI is InChI=1S/C52H92O6/c1-4-7-10-13-16-19-21-23-25-27-28-30-33-36-39-42-45-51(54)57-48-49(47-56-50(53)44-41-38-35-32-18-15-12-9-6-3)58-52(55)46-43-40-37-34-31-29-26-24-22-20-17-14-11-8-5-2/h9,12,18,25,27,32,38,41,49H,4-8,10-11,13-17,19-24,26,28-31,33-37,39-40,42-48H2,1-3H3/b12-9-,27-25-,32-18-,41-38-. The van der Waals surface area contributed by atoms with Crippen molar-refractivity contribution in [1.82, 2.24) is 0 Å². The van der Waals surface area contributed by atoms with Crippen LogP contribution in [0.2, 0.25) is 0 Å². The van der Waals surface area contributed by atoms with Gasteiger partial charge in [0.2, 0.25) is 0 Å². The van der Waals surface area contributed by atoms with Crippen molar-refractivity contribution in [3.63, 3.8) is 0 Å². The van der Waals surface area contributed by atoms with E-state index in [2.05, 4.69) is 57.2 Å². The first-order valence-electron chi connectivity index (χ1n) is 24.6. The van der Waals surface area contributed by atoms with Crippen molar-refractivity contribution < 1.29 is 28.6 Å². The molecule has 0 heterocycles. The highest BCUT2D eigenvalue weighted by Crippen LogP contribution is 2.15. The lowest BCUT2D eigenvalue weighted by Crippen LogP contribution is -2.30. The number of ether oxygens (including phenoxy) is 3. The first kappa shape index (κ1) is 55.4. The molecule has 0 aromatic carbocycles. The molecule has 0 aliphatic heterocycles. The van der Waals surface area contributed by atoms with Gasteiger partial charge in [-0.15, -0.1) is 0 Å². The van der Waals surface area contributed by atoms with Crippen LogP contribution in [0.25, 0.3) is 0 Å². The van der Waals surface area contributed by atoms with E-state index in [0.717, 1.165) is 64.2 Å². The van der Waals surface area contributed by atoms with Gasteiger partial charge >= 0.3 is 17.9 Å². The lowest BCUT2D eigenvalue weighted by molar-refractivity contribution is -0.166. The number of carbonyl (C=O) groups is 3. The molecule has 0 spiro atoms. The van der Waals surface area contributed by atoms with Gasteiger partial charge in [0.15, 0.2) is 6.10 Å². The van der Waals surface area contributed by atoms with E-state index in [4.69, 9.17) is 14.2 Å². The molecule has 0 bridgehead atoms. The van der Waals surface area contributed by atoms with Gasteiger partial charge in [-0.05, 0) is 57.8 Å². The molecule has 0 radical (unpaired) electrons. The van der Waals surface area contributed by atoms with Gasteiger partial charge in [-0.1, -0.05) is 217 Å². The van der Waals surface area contributed by atoms with Crippen molar-refractivity contribution in [2.45, 2.75) is 252 Å². The van der Waals surface area contributed by atoms with E-state index in [1.165, 1.54) is 141 Å². The monoisotopic (exact) mass is 813 g/mol. The van der Waals surface area contributed by atoms with Gasteiger partial charge in [0, 0.05) is 12.8 Å². The molecule has 0 aromatic rings. The molecule has 0 aromatic heterocycles. The summed E-state index contributed by atoms with van der Waals surface area (Å²) in [5, 5.41) is 0. The smallest absolute Gasteiger partial charge is 0.309 e. The summed E-state index contributed by atoms with van der Waals surface area (Å²) in [6.45, 7) is 6.42. The van der Waals surface area contributed by atoms with Crippen LogP contribution in [-0.4, -0.2) is 37.2 Å². The molecule has 6 nitrogen and oxygen atoms in total. The summed E-state index contributed by atoms with van der Waals surface area (Å²) in [5.74, 6) is -1.03. The Hall–Kier alpha value is -2.63. The highest BCUT2D eigenvalue weighted by atomic mass is 16.6. The van der Waals surface area contributed by atoms with Crippen LogP contribution in [0.1, 0.15) is 245 Å². The Balaban J connectivity index is 4.37. The first-order chi connectivity index (χ1) is 28.5. The number of hydrogen-bond acceptors (Lipinski definition) is 6. The summed E-state index contributed by atoms with van der Waals surface area (Å²) in [6.07, 6.45) is 55.6. The number of carbonyl (C=O) groups excluding carboxylic acids is 3. The SMILES string of the molecule is CC/C=C\C/C=C\C/C=C\CC(=O)OCC(COC(=O)CCCCCCC/C=C\CCCCCCCCC)OC(=O)CCCCCCCCCCCCCCCCC. The van der Waals surface area contributed by atoms with E-state index in [1.807, 2.05) is 6.08 Å². The molecule has 0 amide bonds. The third-order valence-electron chi connectivity index (χ3n) is 10.6. The molecule has 0 aliphatic rings. The first-order valence-corrected chi connectivity index (χ1v) is 24.6. The maximum atomic E-state index is 12.7. The van der Waals surface area contributed by atoms with Gasteiger partial charge in [0.1, 0.15) is 13.2 Å². The molecule has 0 N–H and O–H groups in total. The quantitative estimate of drug-likeness (QED) is 0.0264. The van der Waals surface area contributed by atoms with E-state index < -0.39 is 12.1 Å². The van der Waals surface area contributed by atoms with Gasteiger partial charge in [0.05, 0.1) is 6.42 Å². The summed E-state index contributed by atoms with van der Waals surface area (Å²) in [7, 11) is 0. The fourth-order valence-electron chi connectivity index (χ4n) is 6.91. The van der Waals surface area contributed by atoms with E-state index in [-0.39, 0.29) is 31.6 Å². The van der Waals surface area contributed by atoms with Crippen molar-refractivity contribution in [3.8, 4) is 0 Å². The topological polar surface area (TPSA) is 78.9 Å². The summed E-state index contributed by atoms with van der Waals surface area (Å²) in [4.78, 5) is 37.7. The highest BCUT2D eigenvalue weighted by Gasteiger charge is 2.19. The van der Waals surface area contributed by atoms with Crippen LogP contribution in [0.3, 0.4) is 0 Å². The third-order valence-corrected chi connectivity index (χ3v) is 10.6. The summed E-state index contributed by atoms with van der Waals surface area (Å²) < 4.78 is 16.6. The summed E-state index contributed by atoms with van der Waals surface area (Å²) >= 11 is 0. The minimum absolute atomic E-state index is 0.102. The van der Waals surface area contributed by atoms with E-state index in [0.29, 0.717) is 12.8 Å². The molecule has 0 saturated heterocycles.